The van der Waals surface area contributed by atoms with Gasteiger partial charge in [0.1, 0.15) is 0 Å². The average Bonchev–Trinajstić information content (AvgIpc) is 2.14. The van der Waals surface area contributed by atoms with Gasteiger partial charge in [-0.2, -0.15) is 0 Å². The number of carbonyl (C=O) groups is 1. The van der Waals surface area contributed by atoms with Crippen molar-refractivity contribution in [1.29, 1.82) is 0 Å². The number of carboxylic acids is 1. The Kier molecular flexibility index (Phi) is 4.33. The molecule has 16 heavy (non-hydrogen) atoms. The van der Waals surface area contributed by atoms with Gasteiger partial charge in [0.25, 0.3) is 0 Å². The van der Waals surface area contributed by atoms with E-state index in [1.807, 2.05) is 20.9 Å². The van der Waals surface area contributed by atoms with E-state index >= 15 is 0 Å². The van der Waals surface area contributed by atoms with Crippen LogP contribution in [0.3, 0.4) is 0 Å². The van der Waals surface area contributed by atoms with E-state index in [9.17, 15) is 4.79 Å². The molecule has 1 heterocycles. The fourth-order valence-corrected chi connectivity index (χ4v) is 2.44. The van der Waals surface area contributed by atoms with Gasteiger partial charge < -0.3 is 10.0 Å². The van der Waals surface area contributed by atoms with E-state index < -0.39 is 5.97 Å². The molecule has 4 heteroatoms. The van der Waals surface area contributed by atoms with Crippen molar-refractivity contribution in [3.63, 3.8) is 0 Å². The van der Waals surface area contributed by atoms with Gasteiger partial charge >= 0.3 is 5.97 Å². The summed E-state index contributed by atoms with van der Waals surface area (Å²) in [6, 6.07) is 0.480. The van der Waals surface area contributed by atoms with E-state index in [0.717, 1.165) is 13.1 Å². The lowest BCUT2D eigenvalue weighted by molar-refractivity contribution is -0.140. The highest BCUT2D eigenvalue weighted by Gasteiger charge is 2.33. The summed E-state index contributed by atoms with van der Waals surface area (Å²) in [4.78, 5) is 15.4. The first kappa shape index (κ1) is 13.5. The normalized spacial score (nSPS) is 23.7. The first-order valence-corrected chi connectivity index (χ1v) is 5.96. The second-order valence-electron chi connectivity index (χ2n) is 5.55. The Bertz CT molecular complexity index is 253. The van der Waals surface area contributed by atoms with Gasteiger partial charge in [0.2, 0.25) is 0 Å². The van der Waals surface area contributed by atoms with Crippen LogP contribution in [0.2, 0.25) is 0 Å². The van der Waals surface area contributed by atoms with Gasteiger partial charge in [0.05, 0.1) is 6.42 Å². The van der Waals surface area contributed by atoms with Crippen LogP contribution in [0.25, 0.3) is 0 Å². The van der Waals surface area contributed by atoms with Crippen molar-refractivity contribution >= 4 is 5.97 Å². The van der Waals surface area contributed by atoms with E-state index in [1.54, 1.807) is 0 Å². The number of nitrogens with zero attached hydrogens (tertiary/aromatic N) is 2. The number of likely N-dealkylation sites (N-methyl/N-ethyl adjacent to an activating group) is 2. The quantitative estimate of drug-likeness (QED) is 0.787. The van der Waals surface area contributed by atoms with Crippen LogP contribution < -0.4 is 0 Å². The Hall–Kier alpha value is -0.610. The number of hydrogen-bond acceptors (Lipinski definition) is 3. The number of likely N-dealkylation sites (tertiary alicyclic amines) is 1. The van der Waals surface area contributed by atoms with Crippen molar-refractivity contribution in [1.82, 2.24) is 9.80 Å². The van der Waals surface area contributed by atoms with Gasteiger partial charge in [-0.05, 0) is 47.3 Å². The van der Waals surface area contributed by atoms with Gasteiger partial charge in [-0.1, -0.05) is 0 Å². The van der Waals surface area contributed by atoms with Gasteiger partial charge in [-0.3, -0.25) is 9.69 Å². The summed E-state index contributed by atoms with van der Waals surface area (Å²) in [6.45, 7) is 6.22. The Morgan fingerprint density at radius 2 is 2.19 bits per heavy atom. The van der Waals surface area contributed by atoms with Crippen molar-refractivity contribution in [2.75, 3.05) is 27.2 Å². The second-order valence-corrected chi connectivity index (χ2v) is 5.55. The molecule has 94 valence electrons. The van der Waals surface area contributed by atoms with Gasteiger partial charge in [-0.25, -0.2) is 0 Å². The highest BCUT2D eigenvalue weighted by Crippen LogP contribution is 2.24. The molecule has 0 saturated carbocycles. The van der Waals surface area contributed by atoms with Gasteiger partial charge in [-0.15, -0.1) is 0 Å². The molecule has 1 rings (SSSR count). The Balaban J connectivity index is 2.60. The topological polar surface area (TPSA) is 43.8 Å². The summed E-state index contributed by atoms with van der Waals surface area (Å²) >= 11 is 0. The molecule has 0 amide bonds. The summed E-state index contributed by atoms with van der Waals surface area (Å²) in [6.07, 6.45) is 2.57. The zero-order chi connectivity index (χ0) is 12.3. The standard InChI is InChI=1S/C12H24N2O2/c1-12(2,8-11(15)16)14(4)10-6-5-7-13(3)9-10/h10H,5-9H2,1-4H3,(H,15,16). The van der Waals surface area contributed by atoms with Crippen LogP contribution in [0, 0.1) is 0 Å². The van der Waals surface area contributed by atoms with Crippen LogP contribution in [0.5, 0.6) is 0 Å². The molecule has 0 spiro atoms. The minimum absolute atomic E-state index is 0.198. The van der Waals surface area contributed by atoms with Crippen molar-refractivity contribution < 1.29 is 9.90 Å². The Morgan fingerprint density at radius 1 is 1.56 bits per heavy atom. The first-order valence-electron chi connectivity index (χ1n) is 5.96. The van der Waals surface area contributed by atoms with Crippen molar-refractivity contribution in [2.45, 2.75) is 44.7 Å². The molecule has 1 saturated heterocycles. The molecule has 0 bridgehead atoms. The van der Waals surface area contributed by atoms with Crippen LogP contribution in [0.1, 0.15) is 33.1 Å². The molecule has 0 aromatic rings. The molecule has 1 N–H and O–H groups in total. The lowest BCUT2D eigenvalue weighted by Crippen LogP contribution is -2.53. The maximum Gasteiger partial charge on any atom is 0.305 e. The monoisotopic (exact) mass is 228 g/mol. The molecular formula is C12H24N2O2. The number of carboxylic acid groups (broad SMARTS) is 1. The molecule has 1 aliphatic heterocycles. The fraction of sp³-hybridized carbons (Fsp3) is 0.917. The van der Waals surface area contributed by atoms with Crippen LogP contribution in [0.4, 0.5) is 0 Å². The summed E-state index contributed by atoms with van der Waals surface area (Å²) < 4.78 is 0. The molecule has 0 aliphatic carbocycles. The molecule has 1 atom stereocenters. The molecule has 1 aliphatic rings. The number of rotatable bonds is 4. The molecular weight excluding hydrogens is 204 g/mol. The average molecular weight is 228 g/mol. The number of hydrogen-bond donors (Lipinski definition) is 1. The molecule has 4 nitrogen and oxygen atoms in total. The smallest absolute Gasteiger partial charge is 0.305 e. The number of aliphatic carboxylic acids is 1. The third-order valence-electron chi connectivity index (χ3n) is 3.69. The Morgan fingerprint density at radius 3 is 2.69 bits per heavy atom. The summed E-state index contributed by atoms with van der Waals surface area (Å²) in [5.41, 5.74) is -0.269. The minimum atomic E-state index is -0.721. The molecule has 1 fully saturated rings. The third kappa shape index (κ3) is 3.46. The van der Waals surface area contributed by atoms with Crippen LogP contribution in [-0.2, 0) is 4.79 Å². The second kappa shape index (κ2) is 5.15. The predicted molar refractivity (Wildman–Crippen MR) is 64.6 cm³/mol. The molecule has 0 aromatic heterocycles. The maximum absolute atomic E-state index is 10.8. The zero-order valence-electron chi connectivity index (χ0n) is 10.9. The zero-order valence-corrected chi connectivity index (χ0v) is 10.9. The van der Waals surface area contributed by atoms with Crippen molar-refractivity contribution in [3.8, 4) is 0 Å². The van der Waals surface area contributed by atoms with E-state index in [-0.39, 0.29) is 12.0 Å². The van der Waals surface area contributed by atoms with Crippen molar-refractivity contribution in [2.24, 2.45) is 0 Å². The molecule has 0 aromatic carbocycles. The SMILES string of the molecule is CN1CCCC(N(C)C(C)(C)CC(=O)O)C1. The fourth-order valence-electron chi connectivity index (χ4n) is 2.44. The lowest BCUT2D eigenvalue weighted by Gasteiger charge is -2.44. The Labute approximate surface area is 98.2 Å². The van der Waals surface area contributed by atoms with Crippen molar-refractivity contribution in [3.05, 3.63) is 0 Å². The summed E-state index contributed by atoms with van der Waals surface area (Å²) in [5.74, 6) is -0.721. The van der Waals surface area contributed by atoms with E-state index in [0.29, 0.717) is 6.04 Å². The predicted octanol–water partition coefficient (Wildman–Crippen LogP) is 1.27. The van der Waals surface area contributed by atoms with E-state index in [2.05, 4.69) is 16.8 Å². The van der Waals surface area contributed by atoms with Crippen LogP contribution in [0.15, 0.2) is 0 Å². The van der Waals surface area contributed by atoms with Gasteiger partial charge in [0, 0.05) is 18.1 Å². The van der Waals surface area contributed by atoms with Crippen LogP contribution >= 0.6 is 0 Å². The number of piperidine rings is 1. The lowest BCUT2D eigenvalue weighted by atomic mass is 9.94. The molecule has 0 radical (unpaired) electrons. The minimum Gasteiger partial charge on any atom is -0.481 e. The highest BCUT2D eigenvalue weighted by molar-refractivity contribution is 5.68. The van der Waals surface area contributed by atoms with Crippen LogP contribution in [-0.4, -0.2) is 59.6 Å². The first-order chi connectivity index (χ1) is 7.33. The maximum atomic E-state index is 10.8. The van der Waals surface area contributed by atoms with E-state index in [4.69, 9.17) is 5.11 Å². The summed E-state index contributed by atoms with van der Waals surface area (Å²) in [7, 11) is 4.18. The summed E-state index contributed by atoms with van der Waals surface area (Å²) in [5, 5.41) is 8.91. The largest absolute Gasteiger partial charge is 0.481 e. The van der Waals surface area contributed by atoms with E-state index in [1.165, 1.54) is 12.8 Å². The third-order valence-corrected chi connectivity index (χ3v) is 3.69. The highest BCUT2D eigenvalue weighted by atomic mass is 16.4. The molecule has 1 unspecified atom stereocenters. The van der Waals surface area contributed by atoms with Gasteiger partial charge in [0.15, 0.2) is 0 Å².